The van der Waals surface area contributed by atoms with Crippen LogP contribution in [0.25, 0.3) is 5.69 Å². The zero-order valence-corrected chi connectivity index (χ0v) is 14.4. The molecule has 1 aromatic carbocycles. The smallest absolute Gasteiger partial charge is 0.271 e. The highest BCUT2D eigenvalue weighted by atomic mass is 35.5. The van der Waals surface area contributed by atoms with Crippen molar-refractivity contribution in [2.24, 2.45) is 0 Å². The van der Waals surface area contributed by atoms with Gasteiger partial charge in [0.2, 0.25) is 0 Å². The topological polar surface area (TPSA) is 51.9 Å². The van der Waals surface area contributed by atoms with E-state index in [0.717, 1.165) is 11.3 Å². The van der Waals surface area contributed by atoms with Crippen LogP contribution in [-0.4, -0.2) is 20.3 Å². The summed E-state index contributed by atoms with van der Waals surface area (Å²) in [7, 11) is 0. The Hall–Kier alpha value is -2.53. The molecule has 24 heavy (non-hydrogen) atoms. The lowest BCUT2D eigenvalue weighted by Crippen LogP contribution is -2.29. The first kappa shape index (κ1) is 16.3. The number of hydrogen-bond donors (Lipinski definition) is 1. The molecule has 6 heteroatoms. The summed E-state index contributed by atoms with van der Waals surface area (Å²) in [5, 5.41) is 7.46. The highest BCUT2D eigenvalue weighted by molar-refractivity contribution is 6.33. The first-order chi connectivity index (χ1) is 11.6. The molecule has 0 aliphatic heterocycles. The number of nitrogens with one attached hydrogen (secondary N) is 1. The molecule has 5 nitrogen and oxygen atoms in total. The van der Waals surface area contributed by atoms with E-state index in [0.29, 0.717) is 17.3 Å². The molecule has 3 rings (SSSR count). The minimum Gasteiger partial charge on any atom is -0.344 e. The third kappa shape index (κ3) is 3.21. The molecule has 1 N–H and O–H groups in total. The van der Waals surface area contributed by atoms with E-state index in [1.165, 1.54) is 6.20 Å². The summed E-state index contributed by atoms with van der Waals surface area (Å²) in [5.74, 6) is -0.224. The minimum absolute atomic E-state index is 0.149. The van der Waals surface area contributed by atoms with E-state index in [-0.39, 0.29) is 11.9 Å². The number of hydrogen-bond acceptors (Lipinski definition) is 2. The van der Waals surface area contributed by atoms with Crippen LogP contribution in [0.2, 0.25) is 5.02 Å². The number of amides is 1. The van der Waals surface area contributed by atoms with Gasteiger partial charge in [0.25, 0.3) is 5.91 Å². The number of aromatic nitrogens is 3. The Balaban J connectivity index is 1.80. The molecule has 0 aliphatic rings. The van der Waals surface area contributed by atoms with E-state index in [1.807, 2.05) is 61.1 Å². The van der Waals surface area contributed by atoms with Crippen LogP contribution in [0, 0.1) is 0 Å². The van der Waals surface area contributed by atoms with Crippen molar-refractivity contribution in [3.05, 3.63) is 71.3 Å². The highest BCUT2D eigenvalue weighted by Crippen LogP contribution is 2.20. The lowest BCUT2D eigenvalue weighted by Gasteiger charge is -2.16. The van der Waals surface area contributed by atoms with Crippen LogP contribution in [0.15, 0.2) is 55.0 Å². The van der Waals surface area contributed by atoms with Crippen LogP contribution in [0.4, 0.5) is 0 Å². The average molecular weight is 343 g/mol. The van der Waals surface area contributed by atoms with Crippen LogP contribution in [0.1, 0.15) is 35.9 Å². The molecule has 1 atom stereocenters. The quantitative estimate of drug-likeness (QED) is 0.766. The standard InChI is InChI=1S/C18H19ClN4O/c1-3-23-17(16(19)12-20-23)18(24)21-13(2)14-7-6-8-15(11-14)22-9-4-5-10-22/h4-13H,3H2,1-2H3,(H,21,24). The Morgan fingerprint density at radius 2 is 2.04 bits per heavy atom. The molecular weight excluding hydrogens is 324 g/mol. The Labute approximate surface area is 145 Å². The fourth-order valence-electron chi connectivity index (χ4n) is 2.64. The fourth-order valence-corrected chi connectivity index (χ4v) is 2.86. The summed E-state index contributed by atoms with van der Waals surface area (Å²) >= 11 is 6.09. The van der Waals surface area contributed by atoms with Crippen LogP contribution < -0.4 is 5.32 Å². The Morgan fingerprint density at radius 3 is 2.75 bits per heavy atom. The molecule has 124 valence electrons. The number of benzene rings is 1. The third-order valence-electron chi connectivity index (χ3n) is 3.93. The number of aryl methyl sites for hydroxylation is 1. The van der Waals surface area contributed by atoms with Gasteiger partial charge in [-0.2, -0.15) is 5.10 Å². The maximum Gasteiger partial charge on any atom is 0.271 e. The van der Waals surface area contributed by atoms with Gasteiger partial charge in [0.15, 0.2) is 0 Å². The Bertz CT molecular complexity index is 839. The first-order valence-corrected chi connectivity index (χ1v) is 8.23. The van der Waals surface area contributed by atoms with Crippen molar-refractivity contribution in [2.45, 2.75) is 26.4 Å². The summed E-state index contributed by atoms with van der Waals surface area (Å²) in [4.78, 5) is 12.5. The summed E-state index contributed by atoms with van der Waals surface area (Å²) in [5.41, 5.74) is 2.47. The number of carbonyl (C=O) groups is 1. The molecule has 0 aliphatic carbocycles. The van der Waals surface area contributed by atoms with Crippen molar-refractivity contribution < 1.29 is 4.79 Å². The summed E-state index contributed by atoms with van der Waals surface area (Å²) in [6.45, 7) is 4.46. The molecule has 0 saturated heterocycles. The number of halogens is 1. The van der Waals surface area contributed by atoms with Gasteiger partial charge >= 0.3 is 0 Å². The molecule has 2 heterocycles. The van der Waals surface area contributed by atoms with E-state index >= 15 is 0 Å². The second-order valence-electron chi connectivity index (χ2n) is 5.54. The second kappa shape index (κ2) is 6.93. The molecule has 1 amide bonds. The van der Waals surface area contributed by atoms with E-state index in [2.05, 4.69) is 16.5 Å². The van der Waals surface area contributed by atoms with Crippen molar-refractivity contribution in [3.8, 4) is 5.69 Å². The molecule has 2 aromatic heterocycles. The van der Waals surface area contributed by atoms with Gasteiger partial charge in [0, 0.05) is 24.6 Å². The molecule has 0 fully saturated rings. The predicted molar refractivity (Wildman–Crippen MR) is 94.6 cm³/mol. The highest BCUT2D eigenvalue weighted by Gasteiger charge is 2.19. The van der Waals surface area contributed by atoms with Crippen LogP contribution >= 0.6 is 11.6 Å². The second-order valence-corrected chi connectivity index (χ2v) is 5.94. The third-order valence-corrected chi connectivity index (χ3v) is 4.21. The lowest BCUT2D eigenvalue weighted by atomic mass is 10.1. The van der Waals surface area contributed by atoms with E-state index in [4.69, 9.17) is 11.6 Å². The average Bonchev–Trinajstić information content (AvgIpc) is 3.24. The number of nitrogens with zero attached hydrogens (tertiary/aromatic N) is 3. The normalized spacial score (nSPS) is 12.1. The van der Waals surface area contributed by atoms with E-state index in [1.54, 1.807) is 4.68 Å². The molecule has 0 spiro atoms. The van der Waals surface area contributed by atoms with Crippen molar-refractivity contribution >= 4 is 17.5 Å². The van der Waals surface area contributed by atoms with Gasteiger partial charge in [-0.05, 0) is 43.7 Å². The zero-order valence-electron chi connectivity index (χ0n) is 13.6. The molecule has 3 aromatic rings. The maximum atomic E-state index is 12.5. The van der Waals surface area contributed by atoms with Gasteiger partial charge in [-0.3, -0.25) is 9.48 Å². The Kier molecular flexibility index (Phi) is 4.71. The van der Waals surface area contributed by atoms with E-state index in [9.17, 15) is 4.79 Å². The molecule has 0 radical (unpaired) electrons. The van der Waals surface area contributed by atoms with Crippen LogP contribution in [-0.2, 0) is 6.54 Å². The summed E-state index contributed by atoms with van der Waals surface area (Å²) in [6, 6.07) is 11.9. The number of rotatable bonds is 5. The predicted octanol–water partition coefficient (Wildman–Crippen LogP) is 3.84. The van der Waals surface area contributed by atoms with Gasteiger partial charge in [-0.25, -0.2) is 0 Å². The largest absolute Gasteiger partial charge is 0.344 e. The minimum atomic E-state index is -0.224. The van der Waals surface area contributed by atoms with E-state index < -0.39 is 0 Å². The monoisotopic (exact) mass is 342 g/mol. The molecule has 0 saturated carbocycles. The van der Waals surface area contributed by atoms with Gasteiger partial charge in [-0.15, -0.1) is 0 Å². The Morgan fingerprint density at radius 1 is 1.29 bits per heavy atom. The summed E-state index contributed by atoms with van der Waals surface area (Å²) < 4.78 is 3.63. The van der Waals surface area contributed by atoms with Crippen molar-refractivity contribution in [1.82, 2.24) is 19.7 Å². The maximum absolute atomic E-state index is 12.5. The first-order valence-electron chi connectivity index (χ1n) is 7.85. The molecular formula is C18H19ClN4O. The van der Waals surface area contributed by atoms with Crippen molar-refractivity contribution in [2.75, 3.05) is 0 Å². The fraction of sp³-hybridized carbons (Fsp3) is 0.222. The van der Waals surface area contributed by atoms with Crippen LogP contribution in [0.3, 0.4) is 0 Å². The van der Waals surface area contributed by atoms with Crippen LogP contribution in [0.5, 0.6) is 0 Å². The van der Waals surface area contributed by atoms with Crippen molar-refractivity contribution in [3.63, 3.8) is 0 Å². The molecule has 1 unspecified atom stereocenters. The number of carbonyl (C=O) groups excluding carboxylic acids is 1. The van der Waals surface area contributed by atoms with Gasteiger partial charge in [-0.1, -0.05) is 23.7 Å². The summed E-state index contributed by atoms with van der Waals surface area (Å²) in [6.07, 6.45) is 5.47. The SMILES string of the molecule is CCn1ncc(Cl)c1C(=O)NC(C)c1cccc(-n2cccc2)c1. The van der Waals surface area contributed by atoms with Gasteiger partial charge < -0.3 is 9.88 Å². The van der Waals surface area contributed by atoms with Gasteiger partial charge in [0.05, 0.1) is 17.3 Å². The zero-order chi connectivity index (χ0) is 17.1. The lowest BCUT2D eigenvalue weighted by molar-refractivity contribution is 0.0929. The molecule has 0 bridgehead atoms. The van der Waals surface area contributed by atoms with Gasteiger partial charge in [0.1, 0.15) is 5.69 Å². The van der Waals surface area contributed by atoms with Crippen molar-refractivity contribution in [1.29, 1.82) is 0 Å².